The second kappa shape index (κ2) is 9.19. The molecule has 2 aromatic carbocycles. The van der Waals surface area contributed by atoms with Crippen LogP contribution in [0.3, 0.4) is 0 Å². The van der Waals surface area contributed by atoms with Gasteiger partial charge in [0.15, 0.2) is 16.3 Å². The van der Waals surface area contributed by atoms with Crippen LogP contribution < -0.4 is 9.47 Å². The Morgan fingerprint density at radius 1 is 1.13 bits per heavy atom. The first kappa shape index (κ1) is 20.2. The number of pyridine rings is 1. The number of benzene rings is 2. The van der Waals surface area contributed by atoms with Crippen molar-refractivity contribution in [2.45, 2.75) is 0 Å². The van der Waals surface area contributed by atoms with Crippen LogP contribution in [0.1, 0.15) is 15.9 Å². The summed E-state index contributed by atoms with van der Waals surface area (Å²) in [4.78, 5) is 19.3. The molecular formula is C23H18N4O3S. The Balaban J connectivity index is 1.53. The Morgan fingerprint density at radius 2 is 1.97 bits per heavy atom. The number of carbonyl (C=O) groups excluding carboxylic acids is 1. The van der Waals surface area contributed by atoms with Crippen molar-refractivity contribution in [1.82, 2.24) is 14.6 Å². The first-order valence-corrected chi connectivity index (χ1v) is 9.76. The summed E-state index contributed by atoms with van der Waals surface area (Å²) < 4.78 is 12.9. The first-order chi connectivity index (χ1) is 15.1. The number of carbonyl (C=O) groups is 1. The monoisotopic (exact) mass is 430 g/mol. The van der Waals surface area contributed by atoms with Crippen LogP contribution in [0, 0.1) is 4.77 Å². The Labute approximate surface area is 183 Å². The van der Waals surface area contributed by atoms with Crippen molar-refractivity contribution in [3.05, 3.63) is 95.2 Å². The number of hydrogen-bond acceptors (Lipinski definition) is 6. The molecule has 8 heteroatoms. The normalized spacial score (nSPS) is 10.9. The van der Waals surface area contributed by atoms with Crippen molar-refractivity contribution in [1.29, 1.82) is 0 Å². The number of aromatic amines is 1. The highest BCUT2D eigenvalue weighted by Gasteiger charge is 2.13. The molecule has 0 bridgehead atoms. The van der Waals surface area contributed by atoms with E-state index in [9.17, 15) is 4.79 Å². The molecule has 2 aromatic heterocycles. The SMILES string of the molecule is COc1cc(/C=N\n2cc(-c3ccccc3)[nH]c2=S)ccc1OC(=O)c1cccnc1. The van der Waals surface area contributed by atoms with Crippen LogP contribution in [-0.4, -0.2) is 33.9 Å². The van der Waals surface area contributed by atoms with Crippen molar-refractivity contribution in [2.75, 3.05) is 7.11 Å². The average Bonchev–Trinajstić information content (AvgIpc) is 3.20. The van der Waals surface area contributed by atoms with Crippen LogP contribution >= 0.6 is 12.2 Å². The van der Waals surface area contributed by atoms with E-state index in [4.69, 9.17) is 21.7 Å². The molecule has 0 spiro atoms. The molecule has 4 rings (SSSR count). The number of esters is 1. The van der Waals surface area contributed by atoms with Crippen molar-refractivity contribution in [2.24, 2.45) is 5.10 Å². The van der Waals surface area contributed by atoms with Gasteiger partial charge in [0.25, 0.3) is 0 Å². The van der Waals surface area contributed by atoms with E-state index in [1.165, 1.54) is 13.3 Å². The highest BCUT2D eigenvalue weighted by Crippen LogP contribution is 2.28. The summed E-state index contributed by atoms with van der Waals surface area (Å²) in [6.45, 7) is 0. The van der Waals surface area contributed by atoms with E-state index in [2.05, 4.69) is 15.1 Å². The zero-order chi connectivity index (χ0) is 21.6. The maximum atomic E-state index is 12.3. The van der Waals surface area contributed by atoms with E-state index in [0.29, 0.717) is 21.8 Å². The molecule has 0 fully saturated rings. The standard InChI is InChI=1S/C23H18N4O3S/c1-29-21-12-16(9-10-20(21)30-22(28)18-8-5-11-24-14-18)13-25-27-15-19(26-23(27)31)17-6-3-2-4-7-17/h2-15H,1H3,(H,26,31)/b25-13-. The average molecular weight is 430 g/mol. The lowest BCUT2D eigenvalue weighted by Crippen LogP contribution is -2.09. The van der Waals surface area contributed by atoms with Gasteiger partial charge < -0.3 is 14.5 Å². The Bertz CT molecular complexity index is 1280. The molecule has 0 unspecified atom stereocenters. The Morgan fingerprint density at radius 3 is 2.71 bits per heavy atom. The number of nitrogens with zero attached hydrogens (tertiary/aromatic N) is 3. The Kier molecular flexibility index (Phi) is 6.00. The molecule has 1 N–H and O–H groups in total. The fourth-order valence-electron chi connectivity index (χ4n) is 2.86. The van der Waals surface area contributed by atoms with Crippen molar-refractivity contribution in [3.63, 3.8) is 0 Å². The minimum absolute atomic E-state index is 0.304. The summed E-state index contributed by atoms with van der Waals surface area (Å²) in [5.41, 5.74) is 3.00. The molecule has 0 aliphatic heterocycles. The second-order valence-corrected chi connectivity index (χ2v) is 6.86. The van der Waals surface area contributed by atoms with Gasteiger partial charge in [-0.1, -0.05) is 30.3 Å². The molecule has 0 saturated heterocycles. The van der Waals surface area contributed by atoms with Crippen molar-refractivity contribution < 1.29 is 14.3 Å². The van der Waals surface area contributed by atoms with Crippen LogP contribution in [0.4, 0.5) is 0 Å². The number of nitrogens with one attached hydrogen (secondary N) is 1. The van der Waals surface area contributed by atoms with Crippen LogP contribution in [0.25, 0.3) is 11.3 Å². The predicted octanol–water partition coefficient (Wildman–Crippen LogP) is 4.72. The fourth-order valence-corrected chi connectivity index (χ4v) is 3.07. The van der Waals surface area contributed by atoms with Crippen LogP contribution in [0.5, 0.6) is 11.5 Å². The highest BCUT2D eigenvalue weighted by atomic mass is 32.1. The van der Waals surface area contributed by atoms with Gasteiger partial charge in [-0.25, -0.2) is 9.47 Å². The molecule has 154 valence electrons. The number of H-pyrrole nitrogens is 1. The topological polar surface area (TPSA) is 81.5 Å². The first-order valence-electron chi connectivity index (χ1n) is 9.36. The molecule has 4 aromatic rings. The van der Waals surface area contributed by atoms with E-state index < -0.39 is 5.97 Å². The fraction of sp³-hybridized carbons (Fsp3) is 0.0435. The van der Waals surface area contributed by atoms with E-state index in [1.54, 1.807) is 47.4 Å². The number of rotatable bonds is 6. The largest absolute Gasteiger partial charge is 0.493 e. The molecule has 0 atom stereocenters. The summed E-state index contributed by atoms with van der Waals surface area (Å²) in [5, 5.41) is 4.42. The molecule has 31 heavy (non-hydrogen) atoms. The van der Waals surface area contributed by atoms with Gasteiger partial charge in [-0.2, -0.15) is 5.10 Å². The lowest BCUT2D eigenvalue weighted by atomic mass is 10.2. The lowest BCUT2D eigenvalue weighted by Gasteiger charge is -2.09. The van der Waals surface area contributed by atoms with Crippen molar-refractivity contribution >= 4 is 24.4 Å². The maximum Gasteiger partial charge on any atom is 0.345 e. The summed E-state index contributed by atoms with van der Waals surface area (Å²) >= 11 is 5.36. The molecular weight excluding hydrogens is 412 g/mol. The summed E-state index contributed by atoms with van der Waals surface area (Å²) in [6, 6.07) is 18.3. The Hall–Kier alpha value is -4.04. The molecule has 7 nitrogen and oxygen atoms in total. The van der Waals surface area contributed by atoms with Crippen molar-refractivity contribution in [3.8, 4) is 22.8 Å². The maximum absolute atomic E-state index is 12.3. The number of hydrogen-bond donors (Lipinski definition) is 1. The van der Waals surface area contributed by atoms with Gasteiger partial charge in [-0.05, 0) is 53.7 Å². The van der Waals surface area contributed by atoms with Gasteiger partial charge in [-0.15, -0.1) is 0 Å². The molecule has 2 heterocycles. The van der Waals surface area contributed by atoms with E-state index in [1.807, 2.05) is 36.5 Å². The third-order valence-corrected chi connectivity index (χ3v) is 4.69. The zero-order valence-corrected chi connectivity index (χ0v) is 17.4. The van der Waals surface area contributed by atoms with Gasteiger partial charge in [0.2, 0.25) is 0 Å². The van der Waals surface area contributed by atoms with Gasteiger partial charge in [-0.3, -0.25) is 4.98 Å². The third-order valence-electron chi connectivity index (χ3n) is 4.40. The molecule has 0 aliphatic carbocycles. The molecule has 0 saturated carbocycles. The quantitative estimate of drug-likeness (QED) is 0.207. The van der Waals surface area contributed by atoms with Crippen LogP contribution in [0.15, 0.2) is 84.4 Å². The van der Waals surface area contributed by atoms with E-state index >= 15 is 0 Å². The van der Waals surface area contributed by atoms with Crippen LogP contribution in [-0.2, 0) is 0 Å². The number of ether oxygens (including phenoxy) is 2. The highest BCUT2D eigenvalue weighted by molar-refractivity contribution is 7.71. The lowest BCUT2D eigenvalue weighted by molar-refractivity contribution is 0.0729. The van der Waals surface area contributed by atoms with Gasteiger partial charge >= 0.3 is 5.97 Å². The van der Waals surface area contributed by atoms with E-state index in [-0.39, 0.29) is 0 Å². The summed E-state index contributed by atoms with van der Waals surface area (Å²) in [5.74, 6) is 0.196. The number of aromatic nitrogens is 3. The van der Waals surface area contributed by atoms with Gasteiger partial charge in [0.05, 0.1) is 30.8 Å². The van der Waals surface area contributed by atoms with E-state index in [0.717, 1.165) is 16.8 Å². The zero-order valence-electron chi connectivity index (χ0n) is 16.6. The van der Waals surface area contributed by atoms with Gasteiger partial charge in [0.1, 0.15) is 0 Å². The predicted molar refractivity (Wildman–Crippen MR) is 120 cm³/mol. The third kappa shape index (κ3) is 4.76. The molecule has 0 amide bonds. The summed E-state index contributed by atoms with van der Waals surface area (Å²) in [7, 11) is 1.51. The summed E-state index contributed by atoms with van der Waals surface area (Å²) in [6.07, 6.45) is 6.51. The smallest absolute Gasteiger partial charge is 0.345 e. The minimum atomic E-state index is -0.514. The van der Waals surface area contributed by atoms with Crippen LogP contribution in [0.2, 0.25) is 0 Å². The molecule has 0 radical (unpaired) electrons. The number of methoxy groups -OCH3 is 1. The minimum Gasteiger partial charge on any atom is -0.493 e. The second-order valence-electron chi connectivity index (χ2n) is 6.47. The van der Waals surface area contributed by atoms with Gasteiger partial charge in [0, 0.05) is 12.4 Å². The number of imidazole rings is 1. The molecule has 0 aliphatic rings.